The van der Waals surface area contributed by atoms with E-state index in [1.165, 1.54) is 58.2 Å². The standard InChI is InChI=1S/C11H23NS2.C6H15N/c1-3-5-7-9-12(11(13)14)10-8-6-4-2;1-4-7(5-2)6-3/h3-10H2,1-2H3,(H,13,14);4-6H2,1-3H3. The van der Waals surface area contributed by atoms with Crippen LogP contribution in [-0.4, -0.2) is 41.9 Å². The molecule has 0 aliphatic rings. The minimum atomic E-state index is 0.650. The quantitative estimate of drug-likeness (QED) is 0.352. The van der Waals surface area contributed by atoms with Crippen molar-refractivity contribution in [2.45, 2.75) is 73.1 Å². The lowest BCUT2D eigenvalue weighted by Gasteiger charge is -2.28. The Morgan fingerprint density at radius 1 is 0.810 bits per heavy atom. The topological polar surface area (TPSA) is 7.68 Å². The highest BCUT2D eigenvalue weighted by atomic mass is 32.1. The van der Waals surface area contributed by atoms with E-state index in [0.717, 1.165) is 13.1 Å². The molecule has 128 valence electrons. The van der Waals surface area contributed by atoms with E-state index in [9.17, 15) is 0 Å². The SMILES string of the molecule is CCCCCN(CCCCC)C(=S)[S-].CC[NH+](CC)CC. The van der Waals surface area contributed by atoms with Gasteiger partial charge in [-0.2, -0.15) is 0 Å². The molecule has 21 heavy (non-hydrogen) atoms. The highest BCUT2D eigenvalue weighted by Gasteiger charge is 1.99. The number of thiocarbonyl (C=S) groups is 1. The second-order valence-corrected chi connectivity index (χ2v) is 6.51. The fourth-order valence-electron chi connectivity index (χ4n) is 2.15. The Bertz CT molecular complexity index is 203. The molecule has 0 unspecified atom stereocenters. The van der Waals surface area contributed by atoms with Crippen LogP contribution in [0.15, 0.2) is 0 Å². The van der Waals surface area contributed by atoms with Crippen molar-refractivity contribution < 1.29 is 4.90 Å². The fourth-order valence-corrected chi connectivity index (χ4v) is 2.51. The molecule has 0 saturated heterocycles. The largest absolute Gasteiger partial charge is 0.411 e. The number of nitrogens with one attached hydrogen (secondary N) is 1. The van der Waals surface area contributed by atoms with Gasteiger partial charge in [0.15, 0.2) is 0 Å². The normalized spacial score (nSPS) is 10.2. The Kier molecular flexibility index (Phi) is 20.1. The lowest BCUT2D eigenvalue weighted by Crippen LogP contribution is -3.11. The molecule has 0 amide bonds. The average molecular weight is 335 g/mol. The molecule has 0 fully saturated rings. The van der Waals surface area contributed by atoms with Gasteiger partial charge in [-0.25, -0.2) is 0 Å². The van der Waals surface area contributed by atoms with E-state index in [2.05, 4.69) is 39.5 Å². The Hall–Kier alpha value is 0.0700. The third kappa shape index (κ3) is 16.3. The van der Waals surface area contributed by atoms with Gasteiger partial charge in [-0.05, 0) is 33.6 Å². The van der Waals surface area contributed by atoms with Crippen LogP contribution in [0.4, 0.5) is 0 Å². The zero-order chi connectivity index (χ0) is 16.5. The molecular weight excluding hydrogens is 296 g/mol. The maximum absolute atomic E-state index is 5.06. The van der Waals surface area contributed by atoms with Gasteiger partial charge in [0.25, 0.3) is 0 Å². The van der Waals surface area contributed by atoms with Gasteiger partial charge < -0.3 is 34.6 Å². The van der Waals surface area contributed by atoms with E-state index in [0.29, 0.717) is 4.32 Å². The molecule has 0 aromatic carbocycles. The van der Waals surface area contributed by atoms with Crippen LogP contribution in [0.1, 0.15) is 73.1 Å². The molecule has 0 rings (SSSR count). The molecule has 4 heteroatoms. The van der Waals surface area contributed by atoms with Crippen LogP contribution in [0, 0.1) is 0 Å². The molecule has 0 spiro atoms. The minimum absolute atomic E-state index is 0.650. The summed E-state index contributed by atoms with van der Waals surface area (Å²) in [5.41, 5.74) is 0. The smallest absolute Gasteiger partial charge is 0.0742 e. The van der Waals surface area contributed by atoms with E-state index in [-0.39, 0.29) is 0 Å². The third-order valence-electron chi connectivity index (χ3n) is 3.82. The van der Waals surface area contributed by atoms with Crippen molar-refractivity contribution in [3.8, 4) is 0 Å². The molecule has 0 atom stereocenters. The van der Waals surface area contributed by atoms with Crippen molar-refractivity contribution in [3.63, 3.8) is 0 Å². The predicted molar refractivity (Wildman–Crippen MR) is 103 cm³/mol. The minimum Gasteiger partial charge on any atom is -0.411 e. The number of hydrogen-bond donors (Lipinski definition) is 1. The Balaban J connectivity index is 0. The molecule has 0 heterocycles. The van der Waals surface area contributed by atoms with Crippen LogP contribution in [0.3, 0.4) is 0 Å². The first kappa shape index (κ1) is 23.3. The van der Waals surface area contributed by atoms with Gasteiger partial charge in [-0.3, -0.25) is 0 Å². The van der Waals surface area contributed by atoms with Crippen LogP contribution in [0.25, 0.3) is 0 Å². The van der Waals surface area contributed by atoms with Crippen molar-refractivity contribution in [3.05, 3.63) is 0 Å². The molecule has 1 N–H and O–H groups in total. The second-order valence-electron chi connectivity index (χ2n) is 5.48. The summed E-state index contributed by atoms with van der Waals surface area (Å²) in [7, 11) is 0. The molecule has 0 saturated carbocycles. The lowest BCUT2D eigenvalue weighted by atomic mass is 10.2. The molecule has 0 aliphatic carbocycles. The van der Waals surface area contributed by atoms with Crippen molar-refractivity contribution >= 4 is 29.2 Å². The first-order valence-corrected chi connectivity index (χ1v) is 9.68. The summed E-state index contributed by atoms with van der Waals surface area (Å²) in [5, 5.41) is 0. The van der Waals surface area contributed by atoms with Crippen LogP contribution in [0.2, 0.25) is 0 Å². The summed E-state index contributed by atoms with van der Waals surface area (Å²) in [6, 6.07) is 0. The molecule has 0 bridgehead atoms. The highest BCUT2D eigenvalue weighted by Crippen LogP contribution is 2.03. The molecule has 0 aliphatic heterocycles. The zero-order valence-corrected chi connectivity index (χ0v) is 16.7. The predicted octanol–water partition coefficient (Wildman–Crippen LogP) is 3.43. The Morgan fingerprint density at radius 3 is 1.38 bits per heavy atom. The maximum atomic E-state index is 5.06. The average Bonchev–Trinajstić information content (AvgIpc) is 2.48. The summed E-state index contributed by atoms with van der Waals surface area (Å²) in [6.45, 7) is 17.0. The van der Waals surface area contributed by atoms with Gasteiger partial charge in [0, 0.05) is 13.1 Å². The summed E-state index contributed by atoms with van der Waals surface area (Å²) in [6.07, 6.45) is 7.52. The summed E-state index contributed by atoms with van der Waals surface area (Å²) < 4.78 is 0.650. The number of nitrogens with zero attached hydrogens (tertiary/aromatic N) is 1. The first-order valence-electron chi connectivity index (χ1n) is 8.86. The van der Waals surface area contributed by atoms with Gasteiger partial charge >= 0.3 is 0 Å². The number of rotatable bonds is 11. The van der Waals surface area contributed by atoms with Crippen molar-refractivity contribution in [1.82, 2.24) is 4.90 Å². The van der Waals surface area contributed by atoms with Gasteiger partial charge in [0.05, 0.1) is 19.6 Å². The van der Waals surface area contributed by atoms with Crippen molar-refractivity contribution in [1.29, 1.82) is 0 Å². The van der Waals surface area contributed by atoms with Crippen LogP contribution < -0.4 is 4.90 Å². The van der Waals surface area contributed by atoms with E-state index >= 15 is 0 Å². The number of hydrogen-bond acceptors (Lipinski definition) is 2. The maximum Gasteiger partial charge on any atom is 0.0742 e. The number of quaternary nitrogens is 1. The Morgan fingerprint density at radius 2 is 1.19 bits per heavy atom. The highest BCUT2D eigenvalue weighted by molar-refractivity contribution is 8.00. The van der Waals surface area contributed by atoms with Gasteiger partial charge in [0.2, 0.25) is 0 Å². The summed E-state index contributed by atoms with van der Waals surface area (Å²) in [4.78, 5) is 3.86. The van der Waals surface area contributed by atoms with Gasteiger partial charge in [-0.1, -0.05) is 43.9 Å². The van der Waals surface area contributed by atoms with Crippen LogP contribution in [0.5, 0.6) is 0 Å². The number of unbranched alkanes of at least 4 members (excludes halogenated alkanes) is 4. The summed E-state index contributed by atoms with van der Waals surface area (Å²) in [5.74, 6) is 0. The van der Waals surface area contributed by atoms with E-state index in [4.69, 9.17) is 24.8 Å². The third-order valence-corrected chi connectivity index (χ3v) is 4.34. The fraction of sp³-hybridized carbons (Fsp3) is 0.941. The van der Waals surface area contributed by atoms with Gasteiger partial charge in [0.1, 0.15) is 0 Å². The first-order chi connectivity index (χ1) is 10.1. The molecule has 0 aromatic heterocycles. The molecule has 0 aromatic rings. The summed E-state index contributed by atoms with van der Waals surface area (Å²) >= 11 is 10.1. The van der Waals surface area contributed by atoms with Crippen LogP contribution >= 0.6 is 12.2 Å². The van der Waals surface area contributed by atoms with E-state index in [1.54, 1.807) is 4.90 Å². The lowest BCUT2D eigenvalue weighted by molar-refractivity contribution is -0.894. The van der Waals surface area contributed by atoms with Crippen molar-refractivity contribution in [2.24, 2.45) is 0 Å². The van der Waals surface area contributed by atoms with Gasteiger partial charge in [-0.15, -0.1) is 0 Å². The van der Waals surface area contributed by atoms with Crippen LogP contribution in [-0.2, 0) is 12.6 Å². The zero-order valence-electron chi connectivity index (χ0n) is 15.0. The second kappa shape index (κ2) is 18.1. The monoisotopic (exact) mass is 334 g/mol. The molecule has 0 radical (unpaired) electrons. The Labute approximate surface area is 145 Å². The van der Waals surface area contributed by atoms with E-state index < -0.39 is 0 Å². The molecule has 2 nitrogen and oxygen atoms in total. The van der Waals surface area contributed by atoms with Crippen molar-refractivity contribution in [2.75, 3.05) is 32.7 Å². The molecular formula is C17H38N2S2. The van der Waals surface area contributed by atoms with E-state index in [1.807, 2.05) is 0 Å².